The van der Waals surface area contributed by atoms with E-state index < -0.39 is 0 Å². The van der Waals surface area contributed by atoms with E-state index in [0.717, 1.165) is 35.0 Å². The van der Waals surface area contributed by atoms with E-state index in [1.54, 1.807) is 15.9 Å². The van der Waals surface area contributed by atoms with Crippen molar-refractivity contribution >= 4 is 39.1 Å². The van der Waals surface area contributed by atoms with Crippen molar-refractivity contribution in [1.29, 1.82) is 0 Å². The van der Waals surface area contributed by atoms with Crippen LogP contribution in [0.15, 0.2) is 70.6 Å². The molecule has 156 valence electrons. The molecule has 5 rings (SSSR count). The Labute approximate surface area is 189 Å². The molecular formula is C25H22N2O2S2. The Balaban J connectivity index is 1.55. The molecule has 0 fully saturated rings. The first-order valence-corrected chi connectivity index (χ1v) is 12.3. The maximum Gasteiger partial charge on any atom is 0.263 e. The van der Waals surface area contributed by atoms with Crippen molar-refractivity contribution in [1.82, 2.24) is 9.55 Å². The van der Waals surface area contributed by atoms with Crippen LogP contribution in [0.5, 0.6) is 0 Å². The third kappa shape index (κ3) is 4.10. The number of fused-ring (bicyclic) bond motifs is 3. The van der Waals surface area contributed by atoms with Crippen LogP contribution in [0.2, 0.25) is 0 Å². The maximum atomic E-state index is 13.6. The van der Waals surface area contributed by atoms with E-state index in [4.69, 9.17) is 4.98 Å². The molecular weight excluding hydrogens is 424 g/mol. The number of thioether (sulfide) groups is 1. The molecule has 0 saturated heterocycles. The van der Waals surface area contributed by atoms with Crippen LogP contribution >= 0.6 is 23.1 Å². The van der Waals surface area contributed by atoms with Gasteiger partial charge in [-0.3, -0.25) is 14.2 Å². The Morgan fingerprint density at radius 1 is 1.00 bits per heavy atom. The SMILES string of the molecule is O=C(CSc1nc2sc3c(c2c(=O)n1Cc1ccccc1)CCCC3)c1ccccc1. The number of hydrogen-bond donors (Lipinski definition) is 0. The first kappa shape index (κ1) is 20.2. The van der Waals surface area contributed by atoms with Gasteiger partial charge in [-0.2, -0.15) is 0 Å². The standard InChI is InChI=1S/C25H22N2O2S2/c28-20(18-11-5-2-6-12-18)16-30-25-26-23-22(19-13-7-8-14-21(19)31-23)24(29)27(25)15-17-9-3-1-4-10-17/h1-6,9-12H,7-8,13-16H2. The summed E-state index contributed by atoms with van der Waals surface area (Å²) < 4.78 is 1.75. The van der Waals surface area contributed by atoms with E-state index in [1.807, 2.05) is 60.7 Å². The van der Waals surface area contributed by atoms with Gasteiger partial charge in [0.25, 0.3) is 5.56 Å². The number of ketones is 1. The molecule has 0 atom stereocenters. The number of Topliss-reactive ketones (excluding diaryl/α,β-unsaturated/α-hetero) is 1. The molecule has 0 bridgehead atoms. The summed E-state index contributed by atoms with van der Waals surface area (Å²) in [6.45, 7) is 0.453. The van der Waals surface area contributed by atoms with E-state index in [-0.39, 0.29) is 17.1 Å². The number of carbonyl (C=O) groups excluding carboxylic acids is 1. The zero-order valence-electron chi connectivity index (χ0n) is 17.0. The molecule has 0 spiro atoms. The predicted molar refractivity (Wildman–Crippen MR) is 128 cm³/mol. The predicted octanol–water partition coefficient (Wildman–Crippen LogP) is 5.36. The van der Waals surface area contributed by atoms with Crippen LogP contribution in [-0.2, 0) is 19.4 Å². The highest BCUT2D eigenvalue weighted by molar-refractivity contribution is 7.99. The minimum atomic E-state index is 0.0166. The Hall–Kier alpha value is -2.70. The van der Waals surface area contributed by atoms with Crippen molar-refractivity contribution < 1.29 is 4.79 Å². The monoisotopic (exact) mass is 446 g/mol. The van der Waals surface area contributed by atoms with Crippen molar-refractivity contribution in [3.05, 3.63) is 92.6 Å². The van der Waals surface area contributed by atoms with Crippen LogP contribution in [0, 0.1) is 0 Å². The fourth-order valence-electron chi connectivity index (χ4n) is 4.07. The summed E-state index contributed by atoms with van der Waals surface area (Å²) in [5, 5.41) is 1.40. The highest BCUT2D eigenvalue weighted by atomic mass is 32.2. The highest BCUT2D eigenvalue weighted by Crippen LogP contribution is 2.35. The molecule has 0 N–H and O–H groups in total. The van der Waals surface area contributed by atoms with Gasteiger partial charge in [0, 0.05) is 10.4 Å². The first-order valence-electron chi connectivity index (χ1n) is 10.5. The zero-order valence-corrected chi connectivity index (χ0v) is 18.7. The summed E-state index contributed by atoms with van der Waals surface area (Å²) in [5.41, 5.74) is 2.94. The molecule has 2 heterocycles. The number of benzene rings is 2. The molecule has 0 radical (unpaired) electrons. The summed E-state index contributed by atoms with van der Waals surface area (Å²) in [4.78, 5) is 33.3. The fourth-order valence-corrected chi connectivity index (χ4v) is 6.27. The van der Waals surface area contributed by atoms with Crippen LogP contribution < -0.4 is 5.56 Å². The lowest BCUT2D eigenvalue weighted by Crippen LogP contribution is -2.24. The van der Waals surface area contributed by atoms with Crippen LogP contribution in [-0.4, -0.2) is 21.1 Å². The molecule has 4 aromatic rings. The number of rotatable bonds is 6. The largest absolute Gasteiger partial charge is 0.293 e. The second-order valence-electron chi connectivity index (χ2n) is 7.74. The van der Waals surface area contributed by atoms with Gasteiger partial charge in [0.1, 0.15) is 4.83 Å². The minimum absolute atomic E-state index is 0.0166. The molecule has 6 heteroatoms. The molecule has 0 saturated carbocycles. The second-order valence-corrected chi connectivity index (χ2v) is 9.77. The van der Waals surface area contributed by atoms with Gasteiger partial charge in [-0.1, -0.05) is 72.4 Å². The van der Waals surface area contributed by atoms with Crippen molar-refractivity contribution in [2.45, 2.75) is 37.4 Å². The molecule has 4 nitrogen and oxygen atoms in total. The lowest BCUT2D eigenvalue weighted by Gasteiger charge is -2.13. The van der Waals surface area contributed by atoms with Gasteiger partial charge in [0.05, 0.1) is 17.7 Å². The van der Waals surface area contributed by atoms with E-state index in [0.29, 0.717) is 17.3 Å². The minimum Gasteiger partial charge on any atom is -0.293 e. The van der Waals surface area contributed by atoms with E-state index >= 15 is 0 Å². The van der Waals surface area contributed by atoms with Gasteiger partial charge < -0.3 is 0 Å². The van der Waals surface area contributed by atoms with Crippen molar-refractivity contribution in [2.75, 3.05) is 5.75 Å². The van der Waals surface area contributed by atoms with E-state index in [9.17, 15) is 9.59 Å². The topological polar surface area (TPSA) is 52.0 Å². The number of aryl methyl sites for hydroxylation is 2. The smallest absolute Gasteiger partial charge is 0.263 e. The molecule has 31 heavy (non-hydrogen) atoms. The highest BCUT2D eigenvalue weighted by Gasteiger charge is 2.22. The first-order chi connectivity index (χ1) is 15.2. The summed E-state index contributed by atoms with van der Waals surface area (Å²) in [7, 11) is 0. The Morgan fingerprint density at radius 3 is 2.48 bits per heavy atom. The third-order valence-corrected chi connectivity index (χ3v) is 7.81. The van der Waals surface area contributed by atoms with Crippen molar-refractivity contribution in [3.8, 4) is 0 Å². The van der Waals surface area contributed by atoms with Crippen molar-refractivity contribution in [2.24, 2.45) is 0 Å². The number of carbonyl (C=O) groups is 1. The molecule has 2 aromatic carbocycles. The molecule has 0 amide bonds. The Morgan fingerprint density at radius 2 is 1.71 bits per heavy atom. The lowest BCUT2D eigenvalue weighted by atomic mass is 9.97. The van der Waals surface area contributed by atoms with E-state index in [2.05, 4.69) is 0 Å². The van der Waals surface area contributed by atoms with Gasteiger partial charge in [-0.15, -0.1) is 11.3 Å². The van der Waals surface area contributed by atoms with Gasteiger partial charge in [0.15, 0.2) is 10.9 Å². The molecule has 0 unspecified atom stereocenters. The number of nitrogens with zero attached hydrogens (tertiary/aromatic N) is 2. The van der Waals surface area contributed by atoms with Crippen LogP contribution in [0.4, 0.5) is 0 Å². The third-order valence-electron chi connectivity index (χ3n) is 5.65. The summed E-state index contributed by atoms with van der Waals surface area (Å²) >= 11 is 3.00. The Kier molecular flexibility index (Phi) is 5.74. The number of aromatic nitrogens is 2. The second kappa shape index (κ2) is 8.81. The van der Waals surface area contributed by atoms with E-state index in [1.165, 1.54) is 28.6 Å². The zero-order chi connectivity index (χ0) is 21.2. The van der Waals surface area contributed by atoms with Gasteiger partial charge in [-0.05, 0) is 36.8 Å². The lowest BCUT2D eigenvalue weighted by molar-refractivity contribution is 0.102. The summed E-state index contributed by atoms with van der Waals surface area (Å²) in [5.74, 6) is 0.290. The quantitative estimate of drug-likeness (QED) is 0.227. The van der Waals surface area contributed by atoms with Gasteiger partial charge >= 0.3 is 0 Å². The normalized spacial score (nSPS) is 13.3. The Bertz CT molecular complexity index is 1290. The molecule has 1 aliphatic rings. The average Bonchev–Trinajstić information content (AvgIpc) is 3.19. The van der Waals surface area contributed by atoms with Crippen molar-refractivity contribution in [3.63, 3.8) is 0 Å². The summed E-state index contributed by atoms with van der Waals surface area (Å²) in [6, 6.07) is 19.2. The van der Waals surface area contributed by atoms with Gasteiger partial charge in [-0.25, -0.2) is 4.98 Å². The molecule has 0 aliphatic heterocycles. The van der Waals surface area contributed by atoms with Crippen LogP contribution in [0.3, 0.4) is 0 Å². The molecule has 1 aliphatic carbocycles. The summed E-state index contributed by atoms with van der Waals surface area (Å²) in [6.07, 6.45) is 4.28. The van der Waals surface area contributed by atoms with Crippen LogP contribution in [0.1, 0.15) is 39.2 Å². The fraction of sp³-hybridized carbons (Fsp3) is 0.240. The van der Waals surface area contributed by atoms with Gasteiger partial charge in [0.2, 0.25) is 0 Å². The maximum absolute atomic E-state index is 13.6. The molecule has 2 aromatic heterocycles. The average molecular weight is 447 g/mol. The number of thiophene rings is 1. The van der Waals surface area contributed by atoms with Crippen LogP contribution in [0.25, 0.3) is 10.2 Å². The number of hydrogen-bond acceptors (Lipinski definition) is 5.